The van der Waals surface area contributed by atoms with E-state index in [1.165, 1.54) is 12.8 Å². The van der Waals surface area contributed by atoms with E-state index in [1.807, 2.05) is 18.7 Å². The number of aromatic nitrogens is 3. The minimum atomic E-state index is 0. The molecule has 1 saturated heterocycles. The van der Waals surface area contributed by atoms with Crippen LogP contribution < -0.4 is 10.6 Å². The maximum absolute atomic E-state index is 5.17. The highest BCUT2D eigenvalue weighted by Gasteiger charge is 2.25. The first kappa shape index (κ1) is 22.4. The van der Waals surface area contributed by atoms with Crippen molar-refractivity contribution < 1.29 is 4.74 Å². The third-order valence-corrected chi connectivity index (χ3v) is 5.39. The van der Waals surface area contributed by atoms with E-state index in [1.54, 1.807) is 7.11 Å². The number of fused-ring (bicyclic) bond motifs is 1. The first-order chi connectivity index (χ1) is 12.7. The third kappa shape index (κ3) is 6.28. The average Bonchev–Trinajstić information content (AvgIpc) is 3.05. The van der Waals surface area contributed by atoms with Crippen molar-refractivity contribution in [2.24, 2.45) is 10.9 Å². The van der Waals surface area contributed by atoms with Crippen molar-refractivity contribution in [3.63, 3.8) is 0 Å². The SMILES string of the molecule is CN=C(NCC1CCN(CCOC)CC1)NC1CCCn2nc(C)nc21.I. The molecule has 3 rings (SSSR count). The van der Waals surface area contributed by atoms with Crippen LogP contribution in [0.15, 0.2) is 4.99 Å². The number of rotatable bonds is 6. The molecule has 154 valence electrons. The van der Waals surface area contributed by atoms with Gasteiger partial charge in [0.15, 0.2) is 5.96 Å². The Labute approximate surface area is 179 Å². The summed E-state index contributed by atoms with van der Waals surface area (Å²) >= 11 is 0. The zero-order chi connectivity index (χ0) is 18.4. The molecular formula is C18H34IN7O. The molecule has 8 nitrogen and oxygen atoms in total. The Morgan fingerprint density at radius 1 is 1.26 bits per heavy atom. The van der Waals surface area contributed by atoms with Crippen LogP contribution >= 0.6 is 24.0 Å². The summed E-state index contributed by atoms with van der Waals surface area (Å²) in [5.41, 5.74) is 0. The lowest BCUT2D eigenvalue weighted by Gasteiger charge is -2.32. The Morgan fingerprint density at radius 3 is 2.74 bits per heavy atom. The van der Waals surface area contributed by atoms with Gasteiger partial charge in [-0.3, -0.25) is 4.99 Å². The quantitative estimate of drug-likeness (QED) is 0.358. The number of hydrogen-bond donors (Lipinski definition) is 2. The summed E-state index contributed by atoms with van der Waals surface area (Å²) in [5, 5.41) is 11.5. The number of aliphatic imine (C=N–C) groups is 1. The molecule has 1 fully saturated rings. The zero-order valence-electron chi connectivity index (χ0n) is 16.8. The highest BCUT2D eigenvalue weighted by molar-refractivity contribution is 14.0. The number of nitrogens with zero attached hydrogens (tertiary/aromatic N) is 5. The molecule has 1 aromatic heterocycles. The second-order valence-corrected chi connectivity index (χ2v) is 7.31. The Balaban J connectivity index is 0.00000261. The van der Waals surface area contributed by atoms with Gasteiger partial charge in [0.2, 0.25) is 0 Å². The predicted molar refractivity (Wildman–Crippen MR) is 118 cm³/mol. The van der Waals surface area contributed by atoms with Crippen LogP contribution in [0.3, 0.4) is 0 Å². The van der Waals surface area contributed by atoms with Gasteiger partial charge < -0.3 is 20.3 Å². The summed E-state index contributed by atoms with van der Waals surface area (Å²) in [5.74, 6) is 3.44. The van der Waals surface area contributed by atoms with Crippen molar-refractivity contribution in [2.45, 2.75) is 45.2 Å². The summed E-state index contributed by atoms with van der Waals surface area (Å²) < 4.78 is 7.20. The van der Waals surface area contributed by atoms with Gasteiger partial charge in [-0.15, -0.1) is 24.0 Å². The van der Waals surface area contributed by atoms with Crippen LogP contribution in [0, 0.1) is 12.8 Å². The highest BCUT2D eigenvalue weighted by atomic mass is 127. The lowest BCUT2D eigenvalue weighted by atomic mass is 9.97. The number of methoxy groups -OCH3 is 1. The number of ether oxygens (including phenoxy) is 1. The van der Waals surface area contributed by atoms with E-state index >= 15 is 0 Å². The van der Waals surface area contributed by atoms with Gasteiger partial charge >= 0.3 is 0 Å². The molecule has 0 bridgehead atoms. The van der Waals surface area contributed by atoms with Gasteiger partial charge in [0.25, 0.3) is 0 Å². The summed E-state index contributed by atoms with van der Waals surface area (Å²) in [6.07, 6.45) is 4.64. The van der Waals surface area contributed by atoms with Crippen molar-refractivity contribution in [2.75, 3.05) is 46.9 Å². The number of hydrogen-bond acceptors (Lipinski definition) is 5. The molecule has 2 aliphatic rings. The van der Waals surface area contributed by atoms with E-state index in [0.717, 1.165) is 69.8 Å². The van der Waals surface area contributed by atoms with Crippen molar-refractivity contribution in [3.05, 3.63) is 11.6 Å². The first-order valence-electron chi connectivity index (χ1n) is 9.79. The molecule has 0 spiro atoms. The molecule has 0 aromatic carbocycles. The monoisotopic (exact) mass is 491 g/mol. The smallest absolute Gasteiger partial charge is 0.191 e. The van der Waals surface area contributed by atoms with E-state index < -0.39 is 0 Å². The van der Waals surface area contributed by atoms with E-state index in [2.05, 4.69) is 30.6 Å². The molecule has 0 aliphatic carbocycles. The Bertz CT molecular complexity index is 599. The second kappa shape index (κ2) is 11.2. The number of nitrogens with one attached hydrogen (secondary N) is 2. The highest BCUT2D eigenvalue weighted by Crippen LogP contribution is 2.23. The van der Waals surface area contributed by atoms with Crippen molar-refractivity contribution in [3.8, 4) is 0 Å². The lowest BCUT2D eigenvalue weighted by molar-refractivity contribution is 0.121. The van der Waals surface area contributed by atoms with Crippen molar-refractivity contribution in [1.82, 2.24) is 30.3 Å². The van der Waals surface area contributed by atoms with Gasteiger partial charge in [-0.1, -0.05) is 0 Å². The molecule has 3 heterocycles. The molecule has 2 aliphatic heterocycles. The third-order valence-electron chi connectivity index (χ3n) is 5.39. The van der Waals surface area contributed by atoms with E-state index in [0.29, 0.717) is 5.92 Å². The molecular weight excluding hydrogens is 457 g/mol. The van der Waals surface area contributed by atoms with Crippen LogP contribution in [0.1, 0.15) is 43.4 Å². The van der Waals surface area contributed by atoms with Crippen LogP contribution in [-0.4, -0.2) is 72.6 Å². The standard InChI is InChI=1S/C18H33N7O.HI/c1-14-21-17-16(5-4-8-25(17)23-14)22-18(19-2)20-13-15-6-9-24(10-7-15)11-12-26-3;/h15-16H,4-13H2,1-3H3,(H2,19,20,22);1H. The molecule has 27 heavy (non-hydrogen) atoms. The van der Waals surface area contributed by atoms with Crippen molar-refractivity contribution >= 4 is 29.9 Å². The second-order valence-electron chi connectivity index (χ2n) is 7.31. The average molecular weight is 491 g/mol. The van der Waals surface area contributed by atoms with Crippen molar-refractivity contribution in [1.29, 1.82) is 0 Å². The summed E-state index contributed by atoms with van der Waals surface area (Å²) in [6.45, 7) is 8.07. The summed E-state index contributed by atoms with van der Waals surface area (Å²) in [4.78, 5) is 11.5. The van der Waals surface area contributed by atoms with Gasteiger partial charge in [0, 0.05) is 33.8 Å². The number of aryl methyl sites for hydroxylation is 2. The maximum atomic E-state index is 5.17. The van der Waals surface area contributed by atoms with Gasteiger partial charge in [-0.2, -0.15) is 5.10 Å². The van der Waals surface area contributed by atoms with Gasteiger partial charge in [-0.25, -0.2) is 9.67 Å². The van der Waals surface area contributed by atoms with Crippen LogP contribution in [0.2, 0.25) is 0 Å². The van der Waals surface area contributed by atoms with Crippen LogP contribution in [0.4, 0.5) is 0 Å². The number of piperidine rings is 1. The minimum Gasteiger partial charge on any atom is -0.383 e. The normalized spacial score (nSPS) is 21.4. The molecule has 0 amide bonds. The fourth-order valence-electron chi connectivity index (χ4n) is 3.84. The van der Waals surface area contributed by atoms with Crippen LogP contribution in [0.5, 0.6) is 0 Å². The van der Waals surface area contributed by atoms with Gasteiger partial charge in [-0.05, 0) is 51.6 Å². The fraction of sp³-hybridized carbons (Fsp3) is 0.833. The summed E-state index contributed by atoms with van der Waals surface area (Å²) in [7, 11) is 3.60. The molecule has 9 heteroatoms. The topological polar surface area (TPSA) is 79.6 Å². The lowest BCUT2D eigenvalue weighted by Crippen LogP contribution is -2.45. The molecule has 0 saturated carbocycles. The molecule has 1 atom stereocenters. The van der Waals surface area contributed by atoms with E-state index in [9.17, 15) is 0 Å². The van der Waals surface area contributed by atoms with E-state index in [4.69, 9.17) is 4.74 Å². The number of guanidine groups is 1. The maximum Gasteiger partial charge on any atom is 0.191 e. The minimum absolute atomic E-state index is 0. The molecule has 1 unspecified atom stereocenters. The van der Waals surface area contributed by atoms with Crippen LogP contribution in [-0.2, 0) is 11.3 Å². The van der Waals surface area contributed by atoms with Crippen LogP contribution in [0.25, 0.3) is 0 Å². The fourth-order valence-corrected chi connectivity index (χ4v) is 3.84. The summed E-state index contributed by atoms with van der Waals surface area (Å²) in [6, 6.07) is 0.187. The Hall–Kier alpha value is -0.940. The van der Waals surface area contributed by atoms with Gasteiger partial charge in [0.1, 0.15) is 11.6 Å². The zero-order valence-corrected chi connectivity index (χ0v) is 19.1. The Kier molecular flexibility index (Phi) is 9.24. The molecule has 1 aromatic rings. The Morgan fingerprint density at radius 2 is 2.04 bits per heavy atom. The predicted octanol–water partition coefficient (Wildman–Crippen LogP) is 1.56. The van der Waals surface area contributed by atoms with E-state index in [-0.39, 0.29) is 30.0 Å². The number of likely N-dealkylation sites (tertiary alicyclic amines) is 1. The van der Waals surface area contributed by atoms with Gasteiger partial charge in [0.05, 0.1) is 12.6 Å². The number of halogens is 1. The first-order valence-corrected chi connectivity index (χ1v) is 9.79. The molecule has 2 N–H and O–H groups in total. The molecule has 0 radical (unpaired) electrons. The largest absolute Gasteiger partial charge is 0.383 e.